The molecule has 0 saturated carbocycles. The van der Waals surface area contributed by atoms with Crippen LogP contribution in [0.15, 0.2) is 182 Å². The molecule has 0 amide bonds. The Kier molecular flexibility index (Phi) is 16.9. The van der Waals surface area contributed by atoms with Gasteiger partial charge >= 0.3 is 20.4 Å². The van der Waals surface area contributed by atoms with Gasteiger partial charge in [0.1, 0.15) is 0 Å². The van der Waals surface area contributed by atoms with E-state index in [0.717, 1.165) is 0 Å². The summed E-state index contributed by atoms with van der Waals surface area (Å²) >= 11 is 0. The van der Waals surface area contributed by atoms with E-state index < -0.39 is 15.8 Å². The molecule has 0 bridgehead atoms. The number of hydrogen-bond donors (Lipinski definition) is 0. The Labute approximate surface area is 295 Å². The SMILES string of the molecule is [I-].[I-].[Pd+2].c1ccc(P(c2ccccc2)c2ccccc2)cc1.c1ccc(P(c2ccccc2)c2ccccc2)cc1. The molecule has 0 aromatic heterocycles. The smallest absolute Gasteiger partial charge is 1.00 e. The van der Waals surface area contributed by atoms with Gasteiger partial charge in [0.15, 0.2) is 0 Å². The van der Waals surface area contributed by atoms with E-state index in [0.29, 0.717) is 0 Å². The van der Waals surface area contributed by atoms with E-state index in [9.17, 15) is 0 Å². The molecule has 0 saturated heterocycles. The van der Waals surface area contributed by atoms with Crippen molar-refractivity contribution in [2.75, 3.05) is 0 Å². The Morgan fingerprint density at radius 1 is 0.220 bits per heavy atom. The fourth-order valence-electron chi connectivity index (χ4n) is 4.36. The van der Waals surface area contributed by atoms with E-state index in [2.05, 4.69) is 182 Å². The Morgan fingerprint density at radius 3 is 0.463 bits per heavy atom. The van der Waals surface area contributed by atoms with Gasteiger partial charge in [0.25, 0.3) is 0 Å². The minimum absolute atomic E-state index is 0. The van der Waals surface area contributed by atoms with Gasteiger partial charge in [-0.25, -0.2) is 0 Å². The third-order valence-electron chi connectivity index (χ3n) is 6.09. The van der Waals surface area contributed by atoms with Crippen molar-refractivity contribution in [3.8, 4) is 0 Å². The maximum Gasteiger partial charge on any atom is 2.00 e. The molecule has 0 unspecified atom stereocenters. The summed E-state index contributed by atoms with van der Waals surface area (Å²) in [5.74, 6) is 0. The summed E-state index contributed by atoms with van der Waals surface area (Å²) in [6.07, 6.45) is 0. The van der Waals surface area contributed by atoms with Crippen LogP contribution in [0.3, 0.4) is 0 Å². The first-order valence-electron chi connectivity index (χ1n) is 12.8. The molecule has 6 aromatic carbocycles. The van der Waals surface area contributed by atoms with E-state index in [1.807, 2.05) is 0 Å². The molecule has 5 heteroatoms. The van der Waals surface area contributed by atoms with Gasteiger partial charge in [0.2, 0.25) is 0 Å². The number of benzene rings is 6. The summed E-state index contributed by atoms with van der Waals surface area (Å²) in [7, 11) is -0.892. The van der Waals surface area contributed by atoms with Crippen molar-refractivity contribution in [3.63, 3.8) is 0 Å². The quantitative estimate of drug-likeness (QED) is 0.133. The van der Waals surface area contributed by atoms with Crippen molar-refractivity contribution in [2.45, 2.75) is 0 Å². The Bertz CT molecular complexity index is 1180. The van der Waals surface area contributed by atoms with Gasteiger partial charge in [-0.1, -0.05) is 182 Å². The van der Waals surface area contributed by atoms with Crippen molar-refractivity contribution in [1.29, 1.82) is 0 Å². The maximum atomic E-state index is 2.23. The van der Waals surface area contributed by atoms with E-state index >= 15 is 0 Å². The first-order valence-corrected chi connectivity index (χ1v) is 15.5. The van der Waals surface area contributed by atoms with Gasteiger partial charge in [-0.3, -0.25) is 0 Å². The van der Waals surface area contributed by atoms with Crippen LogP contribution in [-0.4, -0.2) is 0 Å². The second-order valence-electron chi connectivity index (χ2n) is 8.68. The molecular weight excluding hydrogens is 855 g/mol. The Morgan fingerprint density at radius 2 is 0.341 bits per heavy atom. The Balaban J connectivity index is 0.000000267. The molecule has 0 radical (unpaired) electrons. The van der Waals surface area contributed by atoms with E-state index in [1.165, 1.54) is 31.8 Å². The summed E-state index contributed by atoms with van der Waals surface area (Å²) in [6.45, 7) is 0. The molecule has 6 aromatic rings. The number of hydrogen-bond acceptors (Lipinski definition) is 0. The second kappa shape index (κ2) is 19.5. The summed E-state index contributed by atoms with van der Waals surface area (Å²) < 4.78 is 0. The van der Waals surface area contributed by atoms with Crippen LogP contribution in [0.5, 0.6) is 0 Å². The third kappa shape index (κ3) is 10.2. The van der Waals surface area contributed by atoms with Crippen molar-refractivity contribution in [3.05, 3.63) is 182 Å². The molecule has 0 heterocycles. The molecular formula is C36H30I2P2Pd. The van der Waals surface area contributed by atoms with Gasteiger partial charge in [-0.2, -0.15) is 0 Å². The Hall–Kier alpha value is -1.70. The molecule has 0 aliphatic heterocycles. The minimum Gasteiger partial charge on any atom is -1.00 e. The zero-order chi connectivity index (χ0) is 25.8. The van der Waals surface area contributed by atoms with Gasteiger partial charge in [-0.05, 0) is 47.7 Å². The van der Waals surface area contributed by atoms with Crippen molar-refractivity contribution < 1.29 is 68.4 Å². The second-order valence-corrected chi connectivity index (χ2v) is 13.1. The molecule has 0 N–H and O–H groups in total. The van der Waals surface area contributed by atoms with E-state index in [4.69, 9.17) is 0 Å². The van der Waals surface area contributed by atoms with Crippen LogP contribution in [0.25, 0.3) is 0 Å². The summed E-state index contributed by atoms with van der Waals surface area (Å²) in [4.78, 5) is 0. The summed E-state index contributed by atoms with van der Waals surface area (Å²) in [5, 5.41) is 8.39. The van der Waals surface area contributed by atoms with Crippen molar-refractivity contribution in [1.82, 2.24) is 0 Å². The predicted octanol–water partition coefficient (Wildman–Crippen LogP) is 0.895. The first kappa shape index (κ1) is 35.5. The molecule has 0 atom stereocenters. The van der Waals surface area contributed by atoms with Crippen molar-refractivity contribution in [2.24, 2.45) is 0 Å². The van der Waals surface area contributed by atoms with Crippen LogP contribution in [0.4, 0.5) is 0 Å². The molecule has 0 aliphatic carbocycles. The van der Waals surface area contributed by atoms with Gasteiger partial charge in [0, 0.05) is 0 Å². The molecule has 41 heavy (non-hydrogen) atoms. The first-order chi connectivity index (χ1) is 18.9. The third-order valence-corrected chi connectivity index (χ3v) is 11.0. The fourth-order valence-corrected chi connectivity index (χ4v) is 8.97. The topological polar surface area (TPSA) is 0 Å². The average molecular weight is 885 g/mol. The monoisotopic (exact) mass is 884 g/mol. The fraction of sp³-hybridized carbons (Fsp3) is 0. The molecule has 208 valence electrons. The zero-order valence-corrected chi connectivity index (χ0v) is 29.9. The normalized spacial score (nSPS) is 9.80. The van der Waals surface area contributed by atoms with Crippen LogP contribution in [0.2, 0.25) is 0 Å². The largest absolute Gasteiger partial charge is 2.00 e. The number of halogens is 2. The van der Waals surface area contributed by atoms with Crippen molar-refractivity contribution >= 4 is 47.7 Å². The van der Waals surface area contributed by atoms with Gasteiger partial charge < -0.3 is 48.0 Å². The van der Waals surface area contributed by atoms with Crippen LogP contribution < -0.4 is 79.8 Å². The van der Waals surface area contributed by atoms with Gasteiger partial charge in [-0.15, -0.1) is 0 Å². The van der Waals surface area contributed by atoms with Crippen LogP contribution in [-0.2, 0) is 20.4 Å². The summed E-state index contributed by atoms with van der Waals surface area (Å²) in [5.41, 5.74) is 0. The molecule has 0 aliphatic rings. The van der Waals surface area contributed by atoms with Crippen LogP contribution in [0, 0.1) is 0 Å². The summed E-state index contributed by atoms with van der Waals surface area (Å²) in [6, 6.07) is 64.7. The molecule has 6 rings (SSSR count). The molecule has 0 spiro atoms. The maximum absolute atomic E-state index is 2.23. The minimum atomic E-state index is -0.446. The molecule has 0 nitrogen and oxygen atoms in total. The van der Waals surface area contributed by atoms with E-state index in [1.54, 1.807) is 0 Å². The standard InChI is InChI=1S/2C18H15P.2HI.Pd/c2*1-4-10-16(11-5-1)19(17-12-6-2-7-13-17)18-14-8-3-9-15-18;;;/h2*1-15H;2*1H;/q;;;;+2/p-2. The van der Waals surface area contributed by atoms with Gasteiger partial charge in [0.05, 0.1) is 0 Å². The predicted molar refractivity (Wildman–Crippen MR) is 170 cm³/mol. The van der Waals surface area contributed by atoms with Crippen LogP contribution >= 0.6 is 15.8 Å². The zero-order valence-electron chi connectivity index (χ0n) is 22.3. The average Bonchev–Trinajstić information content (AvgIpc) is 3.01. The van der Waals surface area contributed by atoms with E-state index in [-0.39, 0.29) is 68.4 Å². The van der Waals surface area contributed by atoms with Crippen LogP contribution in [0.1, 0.15) is 0 Å². The number of rotatable bonds is 6. The molecule has 0 fully saturated rings.